The van der Waals surface area contributed by atoms with E-state index in [-0.39, 0.29) is 0 Å². The summed E-state index contributed by atoms with van der Waals surface area (Å²) in [6.45, 7) is 4.08. The molecule has 0 aromatic heterocycles. The van der Waals surface area contributed by atoms with Crippen LogP contribution in [0.2, 0.25) is 0 Å². The Morgan fingerprint density at radius 3 is 1.71 bits per heavy atom. The van der Waals surface area contributed by atoms with E-state index in [4.69, 9.17) is 0 Å². The molecule has 0 aromatic rings. The lowest BCUT2D eigenvalue weighted by molar-refractivity contribution is 1.77. The second-order valence-electron chi connectivity index (χ2n) is 1.17. The standard InChI is InChI=1S/C6H11P/c1-3-5-7-6-4-2/h3-7H,1-2H3/b5-3+,6-4+. The largest absolute Gasteiger partial charge is 0.0871 e. The van der Waals surface area contributed by atoms with E-state index in [9.17, 15) is 0 Å². The van der Waals surface area contributed by atoms with Gasteiger partial charge in [-0.05, 0) is 13.8 Å². The monoisotopic (exact) mass is 114 g/mol. The van der Waals surface area contributed by atoms with E-state index in [1.807, 2.05) is 13.8 Å². The number of hydrogen-bond donors (Lipinski definition) is 0. The molecule has 0 radical (unpaired) electrons. The molecule has 0 saturated carbocycles. The van der Waals surface area contributed by atoms with Gasteiger partial charge in [-0.1, -0.05) is 32.4 Å². The molecule has 0 aliphatic carbocycles. The van der Waals surface area contributed by atoms with Crippen LogP contribution in [0.4, 0.5) is 0 Å². The molecule has 0 bridgehead atoms. The van der Waals surface area contributed by atoms with Crippen LogP contribution in [0, 0.1) is 0 Å². The van der Waals surface area contributed by atoms with Crippen LogP contribution in [0.25, 0.3) is 0 Å². The van der Waals surface area contributed by atoms with Crippen molar-refractivity contribution in [3.63, 3.8) is 0 Å². The van der Waals surface area contributed by atoms with Gasteiger partial charge in [0.05, 0.1) is 0 Å². The quantitative estimate of drug-likeness (QED) is 0.484. The molecular formula is C6H11P. The van der Waals surface area contributed by atoms with Crippen molar-refractivity contribution in [3.8, 4) is 0 Å². The number of hydrogen-bond acceptors (Lipinski definition) is 0. The molecule has 1 heteroatoms. The van der Waals surface area contributed by atoms with Gasteiger partial charge < -0.3 is 0 Å². The Labute approximate surface area is 47.1 Å². The smallest absolute Gasteiger partial charge is 0.0466 e. The molecule has 0 rings (SSSR count). The highest BCUT2D eigenvalue weighted by Gasteiger charge is 1.60. The van der Waals surface area contributed by atoms with Crippen molar-refractivity contribution in [1.29, 1.82) is 0 Å². The zero-order chi connectivity index (χ0) is 5.54. The van der Waals surface area contributed by atoms with E-state index in [2.05, 4.69) is 23.8 Å². The number of allylic oxidation sites excluding steroid dienone is 2. The van der Waals surface area contributed by atoms with E-state index < -0.39 is 0 Å². The molecule has 0 aliphatic rings. The third-order valence-corrected chi connectivity index (χ3v) is 1.58. The van der Waals surface area contributed by atoms with Crippen LogP contribution in [0.15, 0.2) is 23.8 Å². The molecule has 0 nitrogen and oxygen atoms in total. The van der Waals surface area contributed by atoms with Crippen LogP contribution in [0.5, 0.6) is 0 Å². The molecule has 0 aliphatic heterocycles. The van der Waals surface area contributed by atoms with Gasteiger partial charge in [-0.15, -0.1) is 0 Å². The van der Waals surface area contributed by atoms with Gasteiger partial charge in [0.25, 0.3) is 0 Å². The first-order chi connectivity index (χ1) is 3.41. The fourth-order valence-corrected chi connectivity index (χ4v) is 0.744. The lowest BCUT2D eigenvalue weighted by Gasteiger charge is -1.74. The molecule has 0 spiro atoms. The van der Waals surface area contributed by atoms with Crippen molar-refractivity contribution < 1.29 is 0 Å². The van der Waals surface area contributed by atoms with E-state index in [1.165, 1.54) is 0 Å². The lowest BCUT2D eigenvalue weighted by Crippen LogP contribution is -1.35. The van der Waals surface area contributed by atoms with Crippen LogP contribution in [-0.2, 0) is 0 Å². The minimum absolute atomic E-state index is 0.871. The SMILES string of the molecule is C/C=C/P/C=C/C. The zero-order valence-corrected chi connectivity index (χ0v) is 5.81. The van der Waals surface area contributed by atoms with Crippen molar-refractivity contribution in [2.45, 2.75) is 13.8 Å². The highest BCUT2D eigenvalue weighted by atomic mass is 31.1. The average Bonchev–Trinajstić information content (AvgIpc) is 1.69. The highest BCUT2D eigenvalue weighted by Crippen LogP contribution is 2.11. The summed E-state index contributed by atoms with van der Waals surface area (Å²) < 4.78 is 0. The third-order valence-electron chi connectivity index (χ3n) is 0.526. The summed E-state index contributed by atoms with van der Waals surface area (Å²) >= 11 is 0. The third kappa shape index (κ3) is 5.91. The summed E-state index contributed by atoms with van der Waals surface area (Å²) in [5, 5.41) is 0. The Morgan fingerprint density at radius 1 is 1.00 bits per heavy atom. The minimum atomic E-state index is 0.871. The van der Waals surface area contributed by atoms with Crippen molar-refractivity contribution >= 4 is 8.58 Å². The average molecular weight is 114 g/mol. The van der Waals surface area contributed by atoms with Crippen LogP contribution >= 0.6 is 8.58 Å². The molecule has 0 atom stereocenters. The van der Waals surface area contributed by atoms with E-state index in [1.54, 1.807) is 0 Å². The normalized spacial score (nSPS) is 11.7. The van der Waals surface area contributed by atoms with Crippen molar-refractivity contribution in [2.75, 3.05) is 0 Å². The van der Waals surface area contributed by atoms with Gasteiger partial charge in [-0.25, -0.2) is 0 Å². The molecule has 0 unspecified atom stereocenters. The maximum absolute atomic E-state index is 2.15. The summed E-state index contributed by atoms with van der Waals surface area (Å²) in [6, 6.07) is 0. The van der Waals surface area contributed by atoms with Gasteiger partial charge >= 0.3 is 0 Å². The first-order valence-electron chi connectivity index (χ1n) is 2.40. The predicted molar refractivity (Wildman–Crippen MR) is 37.9 cm³/mol. The van der Waals surface area contributed by atoms with Gasteiger partial charge in [0.2, 0.25) is 0 Å². The van der Waals surface area contributed by atoms with Gasteiger partial charge in [-0.3, -0.25) is 0 Å². The summed E-state index contributed by atoms with van der Waals surface area (Å²) in [5.41, 5.74) is 0. The summed E-state index contributed by atoms with van der Waals surface area (Å²) in [4.78, 5) is 0. The highest BCUT2D eigenvalue weighted by molar-refractivity contribution is 7.45. The van der Waals surface area contributed by atoms with Gasteiger partial charge in [-0.2, -0.15) is 0 Å². The van der Waals surface area contributed by atoms with Crippen LogP contribution in [-0.4, -0.2) is 0 Å². The molecule has 7 heavy (non-hydrogen) atoms. The molecule has 0 saturated heterocycles. The van der Waals surface area contributed by atoms with Crippen LogP contribution < -0.4 is 0 Å². The first kappa shape index (κ1) is 6.91. The van der Waals surface area contributed by atoms with E-state index >= 15 is 0 Å². The lowest BCUT2D eigenvalue weighted by atomic mass is 10.8. The van der Waals surface area contributed by atoms with E-state index in [0.29, 0.717) is 0 Å². The summed E-state index contributed by atoms with van der Waals surface area (Å²) in [7, 11) is 0.871. The summed E-state index contributed by atoms with van der Waals surface area (Å²) in [6.07, 6.45) is 4.14. The second kappa shape index (κ2) is 5.91. The van der Waals surface area contributed by atoms with Crippen molar-refractivity contribution in [2.24, 2.45) is 0 Å². The fraction of sp³-hybridized carbons (Fsp3) is 0.333. The van der Waals surface area contributed by atoms with Crippen LogP contribution in [0.3, 0.4) is 0 Å². The Hall–Kier alpha value is -0.0900. The Morgan fingerprint density at radius 2 is 1.43 bits per heavy atom. The Balaban J connectivity index is 2.98. The maximum atomic E-state index is 2.15. The molecule has 0 heterocycles. The Bertz CT molecular complexity index is 62.2. The maximum Gasteiger partial charge on any atom is -0.0466 e. The molecule has 0 N–H and O–H groups in total. The second-order valence-corrected chi connectivity index (χ2v) is 2.17. The van der Waals surface area contributed by atoms with Gasteiger partial charge in [0, 0.05) is 0 Å². The number of rotatable bonds is 2. The molecule has 40 valence electrons. The molecule has 0 fully saturated rings. The predicted octanol–water partition coefficient (Wildman–Crippen LogP) is 2.73. The fourth-order valence-electron chi connectivity index (χ4n) is 0.248. The first-order valence-corrected chi connectivity index (χ1v) is 3.55. The molecule has 0 aromatic carbocycles. The van der Waals surface area contributed by atoms with E-state index in [0.717, 1.165) is 8.58 Å². The van der Waals surface area contributed by atoms with Crippen molar-refractivity contribution in [3.05, 3.63) is 23.8 Å². The topological polar surface area (TPSA) is 0 Å². The van der Waals surface area contributed by atoms with Crippen molar-refractivity contribution in [1.82, 2.24) is 0 Å². The van der Waals surface area contributed by atoms with Gasteiger partial charge in [0.15, 0.2) is 0 Å². The molecular weight excluding hydrogens is 103 g/mol. The summed E-state index contributed by atoms with van der Waals surface area (Å²) in [5.74, 6) is 4.31. The van der Waals surface area contributed by atoms with Gasteiger partial charge in [0.1, 0.15) is 0 Å². The van der Waals surface area contributed by atoms with Crippen LogP contribution in [0.1, 0.15) is 13.8 Å². The Kier molecular flexibility index (Phi) is 5.83. The zero-order valence-electron chi connectivity index (χ0n) is 4.81. The minimum Gasteiger partial charge on any atom is -0.0871 e. The molecule has 0 amide bonds.